The summed E-state index contributed by atoms with van der Waals surface area (Å²) in [6, 6.07) is 8.26. The van der Waals surface area contributed by atoms with Crippen LogP contribution in [0.1, 0.15) is 29.2 Å². The lowest BCUT2D eigenvalue weighted by Gasteiger charge is -2.13. The van der Waals surface area contributed by atoms with Gasteiger partial charge < -0.3 is 14.5 Å². The number of carbonyl (C=O) groups is 1. The molecule has 0 aliphatic carbocycles. The highest BCUT2D eigenvalue weighted by Crippen LogP contribution is 2.37. The number of aryl methyl sites for hydroxylation is 2. The molecule has 0 aliphatic heterocycles. The average Bonchev–Trinajstić information content (AvgIpc) is 3.08. The highest BCUT2D eigenvalue weighted by molar-refractivity contribution is 7.89. The van der Waals surface area contributed by atoms with Gasteiger partial charge in [-0.1, -0.05) is 12.1 Å². The van der Waals surface area contributed by atoms with Crippen LogP contribution in [0.5, 0.6) is 5.75 Å². The fourth-order valence-corrected chi connectivity index (χ4v) is 4.01. The number of hydrogen-bond acceptors (Lipinski definition) is 5. The lowest BCUT2D eigenvalue weighted by atomic mass is 9.98. The van der Waals surface area contributed by atoms with Crippen molar-refractivity contribution in [1.82, 2.24) is 5.32 Å². The highest BCUT2D eigenvalue weighted by atomic mass is 32.2. The van der Waals surface area contributed by atoms with E-state index in [0.717, 1.165) is 38.8 Å². The zero-order valence-electron chi connectivity index (χ0n) is 18.0. The van der Waals surface area contributed by atoms with Crippen molar-refractivity contribution in [3.05, 3.63) is 64.9 Å². The van der Waals surface area contributed by atoms with Crippen LogP contribution < -0.4 is 15.2 Å². The molecule has 3 aromatic rings. The van der Waals surface area contributed by atoms with Gasteiger partial charge in [-0.25, -0.2) is 13.6 Å². The molecule has 0 saturated carbocycles. The van der Waals surface area contributed by atoms with E-state index < -0.39 is 10.0 Å². The Kier molecular flexibility index (Phi) is 6.52. The Labute approximate surface area is 181 Å². The Morgan fingerprint density at radius 3 is 2.52 bits per heavy atom. The smallest absolute Gasteiger partial charge is 0.244 e. The number of fused-ring (bicyclic) bond motifs is 1. The molecule has 31 heavy (non-hydrogen) atoms. The van der Waals surface area contributed by atoms with Gasteiger partial charge in [0, 0.05) is 29.1 Å². The molecule has 1 heterocycles. The van der Waals surface area contributed by atoms with Crippen LogP contribution in [-0.4, -0.2) is 28.0 Å². The standard InChI is InChI=1S/C23H26N2O5S/c1-14(19-12-20-15(2)13-30-23(20)16(3)22(19)29-4)11-21(26)25-10-9-17-5-7-18(8-6-17)31(24,27)28/h5-8,11-13H,9-10H2,1-4H3,(H,25,26)(H2,24,27,28)/b14-11+. The predicted molar refractivity (Wildman–Crippen MR) is 120 cm³/mol. The predicted octanol–water partition coefficient (Wildman–Crippen LogP) is 3.47. The van der Waals surface area contributed by atoms with Crippen LogP contribution >= 0.6 is 0 Å². The van der Waals surface area contributed by atoms with E-state index >= 15 is 0 Å². The van der Waals surface area contributed by atoms with Gasteiger partial charge >= 0.3 is 0 Å². The minimum Gasteiger partial charge on any atom is -0.496 e. The molecule has 0 unspecified atom stereocenters. The molecule has 164 valence electrons. The summed E-state index contributed by atoms with van der Waals surface area (Å²) in [5.74, 6) is 0.459. The number of furan rings is 1. The molecule has 3 N–H and O–H groups in total. The topological polar surface area (TPSA) is 112 Å². The van der Waals surface area contributed by atoms with E-state index in [9.17, 15) is 13.2 Å². The van der Waals surface area contributed by atoms with E-state index in [-0.39, 0.29) is 10.8 Å². The van der Waals surface area contributed by atoms with Crippen molar-refractivity contribution < 1.29 is 22.4 Å². The fraction of sp³-hybridized carbons (Fsp3) is 0.261. The van der Waals surface area contributed by atoms with Crippen molar-refractivity contribution >= 4 is 32.5 Å². The number of sulfonamides is 1. The van der Waals surface area contributed by atoms with Gasteiger partial charge in [0.25, 0.3) is 0 Å². The molecule has 1 amide bonds. The number of nitrogens with two attached hydrogens (primary N) is 1. The first kappa shape index (κ1) is 22.6. The Morgan fingerprint density at radius 1 is 1.23 bits per heavy atom. The second-order valence-corrected chi connectivity index (χ2v) is 9.00. The van der Waals surface area contributed by atoms with Crippen molar-refractivity contribution in [3.63, 3.8) is 0 Å². The number of amides is 1. The van der Waals surface area contributed by atoms with E-state index in [1.165, 1.54) is 12.1 Å². The molecule has 2 aromatic carbocycles. The number of carbonyl (C=O) groups excluding carboxylic acids is 1. The van der Waals surface area contributed by atoms with Crippen molar-refractivity contribution in [1.29, 1.82) is 0 Å². The third-order valence-electron chi connectivity index (χ3n) is 5.18. The lowest BCUT2D eigenvalue weighted by Crippen LogP contribution is -2.24. The molecule has 3 rings (SSSR count). The summed E-state index contributed by atoms with van der Waals surface area (Å²) < 4.78 is 33.8. The average molecular weight is 443 g/mol. The number of allylic oxidation sites excluding steroid dienone is 1. The normalized spacial score (nSPS) is 12.2. The number of nitrogens with one attached hydrogen (secondary N) is 1. The van der Waals surface area contributed by atoms with Crippen LogP contribution in [0.2, 0.25) is 0 Å². The number of ether oxygens (including phenoxy) is 1. The number of rotatable bonds is 7. The molecule has 0 aliphatic rings. The zero-order chi connectivity index (χ0) is 22.8. The largest absolute Gasteiger partial charge is 0.496 e. The molecule has 0 radical (unpaired) electrons. The van der Waals surface area contributed by atoms with Crippen LogP contribution in [-0.2, 0) is 21.2 Å². The third-order valence-corrected chi connectivity index (χ3v) is 6.11. The van der Waals surface area contributed by atoms with Crippen LogP contribution in [0.15, 0.2) is 52.0 Å². The van der Waals surface area contributed by atoms with Gasteiger partial charge in [0.05, 0.1) is 18.3 Å². The molecule has 0 atom stereocenters. The van der Waals surface area contributed by atoms with Gasteiger partial charge in [0.2, 0.25) is 15.9 Å². The quantitative estimate of drug-likeness (QED) is 0.544. The SMILES string of the molecule is COc1c(/C(C)=C/C(=O)NCCc2ccc(S(N)(=O)=O)cc2)cc2c(C)coc2c1C. The Hall–Kier alpha value is -3.10. The van der Waals surface area contributed by atoms with Gasteiger partial charge in [0.1, 0.15) is 11.3 Å². The van der Waals surface area contributed by atoms with Crippen molar-refractivity contribution in [2.24, 2.45) is 5.14 Å². The minimum atomic E-state index is -3.71. The summed E-state index contributed by atoms with van der Waals surface area (Å²) >= 11 is 0. The summed E-state index contributed by atoms with van der Waals surface area (Å²) in [6.07, 6.45) is 3.82. The first-order valence-corrected chi connectivity index (χ1v) is 11.3. The first-order chi connectivity index (χ1) is 14.6. The monoisotopic (exact) mass is 442 g/mol. The molecule has 0 bridgehead atoms. The molecule has 0 fully saturated rings. The maximum absolute atomic E-state index is 12.4. The van der Waals surface area contributed by atoms with Crippen LogP contribution in [0.4, 0.5) is 0 Å². The second kappa shape index (κ2) is 8.95. The lowest BCUT2D eigenvalue weighted by molar-refractivity contribution is -0.116. The summed E-state index contributed by atoms with van der Waals surface area (Å²) in [6.45, 7) is 6.18. The third kappa shape index (κ3) is 4.98. The second-order valence-electron chi connectivity index (χ2n) is 7.44. The van der Waals surface area contributed by atoms with Gasteiger partial charge in [-0.05, 0) is 62.1 Å². The summed E-state index contributed by atoms with van der Waals surface area (Å²) in [5.41, 5.74) is 5.20. The number of primary sulfonamides is 1. The van der Waals surface area contributed by atoms with Crippen LogP contribution in [0.3, 0.4) is 0 Å². The first-order valence-electron chi connectivity index (χ1n) is 9.75. The number of hydrogen-bond donors (Lipinski definition) is 2. The molecule has 8 heteroatoms. The van der Waals surface area contributed by atoms with Gasteiger partial charge in [-0.3, -0.25) is 4.79 Å². The van der Waals surface area contributed by atoms with E-state index in [1.807, 2.05) is 26.8 Å². The van der Waals surface area contributed by atoms with E-state index in [4.69, 9.17) is 14.3 Å². The molecule has 7 nitrogen and oxygen atoms in total. The number of benzene rings is 2. The minimum absolute atomic E-state index is 0.0629. The molecule has 0 saturated heterocycles. The highest BCUT2D eigenvalue weighted by Gasteiger charge is 2.16. The summed E-state index contributed by atoms with van der Waals surface area (Å²) in [7, 11) is -2.11. The zero-order valence-corrected chi connectivity index (χ0v) is 18.8. The Morgan fingerprint density at radius 2 is 1.90 bits per heavy atom. The summed E-state index contributed by atoms with van der Waals surface area (Å²) in [4.78, 5) is 12.5. The Bertz CT molecular complexity index is 1260. The molecule has 1 aromatic heterocycles. The fourth-order valence-electron chi connectivity index (χ4n) is 3.50. The number of methoxy groups -OCH3 is 1. The van der Waals surface area contributed by atoms with Crippen molar-refractivity contribution in [2.45, 2.75) is 32.1 Å². The molecular weight excluding hydrogens is 416 g/mol. The van der Waals surface area contributed by atoms with Crippen molar-refractivity contribution in [2.75, 3.05) is 13.7 Å². The van der Waals surface area contributed by atoms with Gasteiger partial charge in [-0.15, -0.1) is 0 Å². The summed E-state index contributed by atoms with van der Waals surface area (Å²) in [5, 5.41) is 8.94. The van der Waals surface area contributed by atoms with E-state index in [1.54, 1.807) is 31.6 Å². The maximum Gasteiger partial charge on any atom is 0.244 e. The Balaban J connectivity index is 1.71. The van der Waals surface area contributed by atoms with Crippen LogP contribution in [0, 0.1) is 13.8 Å². The molecular formula is C23H26N2O5S. The van der Waals surface area contributed by atoms with Gasteiger partial charge in [-0.2, -0.15) is 0 Å². The van der Waals surface area contributed by atoms with Crippen LogP contribution in [0.25, 0.3) is 16.5 Å². The van der Waals surface area contributed by atoms with Gasteiger partial charge in [0.15, 0.2) is 0 Å². The van der Waals surface area contributed by atoms with E-state index in [2.05, 4.69) is 5.32 Å². The maximum atomic E-state index is 12.4. The van der Waals surface area contributed by atoms with E-state index in [0.29, 0.717) is 18.7 Å². The molecule has 0 spiro atoms. The van der Waals surface area contributed by atoms with Crippen molar-refractivity contribution in [3.8, 4) is 5.75 Å².